The van der Waals surface area contributed by atoms with Crippen LogP contribution in [0.2, 0.25) is 0 Å². The summed E-state index contributed by atoms with van der Waals surface area (Å²) in [5, 5.41) is 0. The molecule has 0 amide bonds. The van der Waals surface area contributed by atoms with Crippen LogP contribution in [-0.2, 0) is 16.0 Å². The van der Waals surface area contributed by atoms with Gasteiger partial charge in [-0.15, -0.1) is 0 Å². The molecule has 3 fully saturated rings. The van der Waals surface area contributed by atoms with Gasteiger partial charge in [0.1, 0.15) is 0 Å². The van der Waals surface area contributed by atoms with E-state index in [-0.39, 0.29) is 0 Å². The van der Waals surface area contributed by atoms with Gasteiger partial charge < -0.3 is 9.47 Å². The summed E-state index contributed by atoms with van der Waals surface area (Å²) < 4.78 is 11.7. The van der Waals surface area contributed by atoms with Crippen LogP contribution >= 0.6 is 0 Å². The SMILES string of the molecule is c1cc(CN2C[C@H](N3CCOCC3)[C@@H]3OCCC[C@@H]32)ccn1. The summed E-state index contributed by atoms with van der Waals surface area (Å²) >= 11 is 0. The molecule has 120 valence electrons. The molecular formula is C17H25N3O2. The summed E-state index contributed by atoms with van der Waals surface area (Å²) in [6, 6.07) is 5.34. The minimum atomic E-state index is 0.369. The molecule has 4 heterocycles. The molecule has 3 atom stereocenters. The van der Waals surface area contributed by atoms with Crippen LogP contribution in [-0.4, -0.2) is 72.4 Å². The first-order valence-electron chi connectivity index (χ1n) is 8.48. The van der Waals surface area contributed by atoms with E-state index < -0.39 is 0 Å². The standard InChI is InChI=1S/C17H25N3O2/c1-2-15-17(22-9-1)16(19-7-10-21-11-8-19)13-20(15)12-14-3-5-18-6-4-14/h3-6,15-17H,1-2,7-13H2/t15-,16-,17+/m0/s1. The smallest absolute Gasteiger partial charge is 0.0897 e. The number of hydrogen-bond donors (Lipinski definition) is 0. The van der Waals surface area contributed by atoms with E-state index in [4.69, 9.17) is 9.47 Å². The van der Waals surface area contributed by atoms with Crippen LogP contribution in [0.1, 0.15) is 18.4 Å². The largest absolute Gasteiger partial charge is 0.379 e. The summed E-state index contributed by atoms with van der Waals surface area (Å²) in [6.07, 6.45) is 6.59. The number of pyridine rings is 1. The Labute approximate surface area is 132 Å². The summed E-state index contributed by atoms with van der Waals surface area (Å²) in [5.74, 6) is 0. The number of rotatable bonds is 3. The van der Waals surface area contributed by atoms with Gasteiger partial charge in [0.15, 0.2) is 0 Å². The molecule has 1 aromatic rings. The van der Waals surface area contributed by atoms with Crippen molar-refractivity contribution in [3.63, 3.8) is 0 Å². The molecule has 0 aromatic carbocycles. The Hall–Kier alpha value is -1.01. The fraction of sp³-hybridized carbons (Fsp3) is 0.706. The van der Waals surface area contributed by atoms with E-state index in [1.54, 1.807) is 0 Å². The zero-order valence-corrected chi connectivity index (χ0v) is 13.1. The monoisotopic (exact) mass is 303 g/mol. The predicted octanol–water partition coefficient (Wildman–Crippen LogP) is 1.15. The summed E-state index contributed by atoms with van der Waals surface area (Å²) in [5.41, 5.74) is 1.35. The van der Waals surface area contributed by atoms with Crippen molar-refractivity contribution >= 4 is 0 Å². The molecule has 5 nitrogen and oxygen atoms in total. The molecule has 22 heavy (non-hydrogen) atoms. The lowest BCUT2D eigenvalue weighted by atomic mass is 9.99. The molecule has 3 saturated heterocycles. The highest BCUT2D eigenvalue weighted by atomic mass is 16.5. The van der Waals surface area contributed by atoms with E-state index in [9.17, 15) is 0 Å². The second kappa shape index (κ2) is 6.62. The van der Waals surface area contributed by atoms with Gasteiger partial charge in [0.25, 0.3) is 0 Å². The van der Waals surface area contributed by atoms with E-state index >= 15 is 0 Å². The van der Waals surface area contributed by atoms with Gasteiger partial charge in [0, 0.05) is 51.2 Å². The molecule has 4 rings (SSSR count). The quantitative estimate of drug-likeness (QED) is 0.837. The second-order valence-corrected chi connectivity index (χ2v) is 6.55. The van der Waals surface area contributed by atoms with E-state index in [0.717, 1.165) is 46.0 Å². The van der Waals surface area contributed by atoms with Crippen LogP contribution in [0.5, 0.6) is 0 Å². The van der Waals surface area contributed by atoms with Crippen LogP contribution in [0.15, 0.2) is 24.5 Å². The lowest BCUT2D eigenvalue weighted by molar-refractivity contribution is -0.0593. The summed E-state index contributed by atoms with van der Waals surface area (Å²) in [6.45, 7) is 6.84. The van der Waals surface area contributed by atoms with Crippen LogP contribution < -0.4 is 0 Å². The van der Waals surface area contributed by atoms with Crippen LogP contribution in [0.3, 0.4) is 0 Å². The van der Waals surface area contributed by atoms with Gasteiger partial charge in [-0.1, -0.05) is 0 Å². The molecule has 3 aliphatic rings. The Morgan fingerprint density at radius 1 is 1.09 bits per heavy atom. The fourth-order valence-corrected chi connectivity index (χ4v) is 4.16. The summed E-state index contributed by atoms with van der Waals surface area (Å²) in [7, 11) is 0. The van der Waals surface area contributed by atoms with Gasteiger partial charge >= 0.3 is 0 Å². The van der Waals surface area contributed by atoms with Gasteiger partial charge in [-0.3, -0.25) is 14.8 Å². The Morgan fingerprint density at radius 2 is 1.91 bits per heavy atom. The third-order valence-electron chi connectivity index (χ3n) is 5.25. The number of aromatic nitrogens is 1. The molecule has 0 radical (unpaired) electrons. The van der Waals surface area contributed by atoms with E-state index in [2.05, 4.69) is 26.9 Å². The van der Waals surface area contributed by atoms with Crippen molar-refractivity contribution in [3.05, 3.63) is 30.1 Å². The number of fused-ring (bicyclic) bond motifs is 1. The lowest BCUT2D eigenvalue weighted by Gasteiger charge is -2.37. The molecule has 0 aliphatic carbocycles. The zero-order chi connectivity index (χ0) is 14.8. The fourth-order valence-electron chi connectivity index (χ4n) is 4.16. The van der Waals surface area contributed by atoms with Crippen molar-refractivity contribution in [2.24, 2.45) is 0 Å². The van der Waals surface area contributed by atoms with Crippen LogP contribution in [0.25, 0.3) is 0 Å². The maximum absolute atomic E-state index is 6.20. The third-order valence-corrected chi connectivity index (χ3v) is 5.25. The van der Waals surface area contributed by atoms with Crippen molar-refractivity contribution in [2.45, 2.75) is 37.6 Å². The number of nitrogens with zero attached hydrogens (tertiary/aromatic N) is 3. The zero-order valence-electron chi connectivity index (χ0n) is 13.1. The Balaban J connectivity index is 1.49. The highest BCUT2D eigenvalue weighted by molar-refractivity contribution is 5.12. The average Bonchev–Trinajstić information content (AvgIpc) is 2.96. The first kappa shape index (κ1) is 14.6. The van der Waals surface area contributed by atoms with Gasteiger partial charge in [-0.2, -0.15) is 0 Å². The number of ether oxygens (including phenoxy) is 2. The summed E-state index contributed by atoms with van der Waals surface area (Å²) in [4.78, 5) is 9.33. The first-order chi connectivity index (χ1) is 10.9. The van der Waals surface area contributed by atoms with E-state index in [0.29, 0.717) is 18.2 Å². The van der Waals surface area contributed by atoms with Gasteiger partial charge in [0.2, 0.25) is 0 Å². The Bertz CT molecular complexity index is 478. The molecule has 3 aliphatic heterocycles. The number of hydrogen-bond acceptors (Lipinski definition) is 5. The maximum Gasteiger partial charge on any atom is 0.0897 e. The molecule has 1 aromatic heterocycles. The van der Waals surface area contributed by atoms with E-state index in [1.165, 1.54) is 18.4 Å². The predicted molar refractivity (Wildman–Crippen MR) is 83.6 cm³/mol. The topological polar surface area (TPSA) is 37.8 Å². The van der Waals surface area contributed by atoms with Crippen molar-refractivity contribution < 1.29 is 9.47 Å². The highest BCUT2D eigenvalue weighted by Crippen LogP contribution is 2.33. The maximum atomic E-state index is 6.20. The van der Waals surface area contributed by atoms with Gasteiger partial charge in [-0.25, -0.2) is 0 Å². The minimum Gasteiger partial charge on any atom is -0.379 e. The Morgan fingerprint density at radius 3 is 2.73 bits per heavy atom. The molecular weight excluding hydrogens is 278 g/mol. The molecule has 5 heteroatoms. The number of morpholine rings is 1. The van der Waals surface area contributed by atoms with E-state index in [1.807, 2.05) is 12.4 Å². The van der Waals surface area contributed by atoms with Gasteiger partial charge in [0.05, 0.1) is 25.4 Å². The molecule has 0 bridgehead atoms. The first-order valence-corrected chi connectivity index (χ1v) is 8.48. The highest BCUT2D eigenvalue weighted by Gasteiger charge is 2.46. The van der Waals surface area contributed by atoms with Crippen molar-refractivity contribution in [1.29, 1.82) is 0 Å². The average molecular weight is 303 g/mol. The third kappa shape index (κ3) is 2.91. The molecule has 0 spiro atoms. The molecule has 0 saturated carbocycles. The minimum absolute atomic E-state index is 0.369. The number of likely N-dealkylation sites (tertiary alicyclic amines) is 1. The second-order valence-electron chi connectivity index (χ2n) is 6.55. The lowest BCUT2D eigenvalue weighted by Crippen LogP contribution is -2.51. The van der Waals surface area contributed by atoms with Crippen molar-refractivity contribution in [2.75, 3.05) is 39.5 Å². The van der Waals surface area contributed by atoms with Crippen molar-refractivity contribution in [3.8, 4) is 0 Å². The normalized spacial score (nSPS) is 33.7. The molecule has 0 unspecified atom stereocenters. The van der Waals surface area contributed by atoms with Crippen LogP contribution in [0, 0.1) is 0 Å². The van der Waals surface area contributed by atoms with Crippen molar-refractivity contribution in [1.82, 2.24) is 14.8 Å². The van der Waals surface area contributed by atoms with Crippen LogP contribution in [0.4, 0.5) is 0 Å². The molecule has 0 N–H and O–H groups in total. The Kier molecular flexibility index (Phi) is 4.39. The van der Waals surface area contributed by atoms with Gasteiger partial charge in [-0.05, 0) is 30.5 Å².